The van der Waals surface area contributed by atoms with Gasteiger partial charge in [-0.25, -0.2) is 9.50 Å². The van der Waals surface area contributed by atoms with Gasteiger partial charge in [0.25, 0.3) is 0 Å². The second kappa shape index (κ2) is 5.55. The van der Waals surface area contributed by atoms with Crippen LogP contribution in [0.5, 0.6) is 0 Å². The Morgan fingerprint density at radius 3 is 3.09 bits per heavy atom. The fourth-order valence-corrected chi connectivity index (χ4v) is 2.86. The van der Waals surface area contributed by atoms with Gasteiger partial charge in [-0.15, -0.1) is 0 Å². The van der Waals surface area contributed by atoms with Crippen LogP contribution in [0.1, 0.15) is 6.42 Å². The smallest absolute Gasteiger partial charge is 0.145 e. The molecule has 6 nitrogen and oxygen atoms in total. The minimum atomic E-state index is 0.410. The van der Waals surface area contributed by atoms with Crippen molar-refractivity contribution in [2.75, 3.05) is 18.4 Å². The summed E-state index contributed by atoms with van der Waals surface area (Å²) in [6.07, 6.45) is 8.17. The van der Waals surface area contributed by atoms with Gasteiger partial charge in [0.2, 0.25) is 0 Å². The molecule has 1 atom stereocenters. The van der Waals surface area contributed by atoms with Gasteiger partial charge < -0.3 is 10.6 Å². The maximum Gasteiger partial charge on any atom is 0.145 e. The van der Waals surface area contributed by atoms with E-state index in [9.17, 15) is 0 Å². The van der Waals surface area contributed by atoms with Crippen molar-refractivity contribution in [3.63, 3.8) is 0 Å². The highest BCUT2D eigenvalue weighted by molar-refractivity contribution is 6.30. The predicted molar refractivity (Wildman–Crippen MR) is 86.1 cm³/mol. The third-order valence-corrected chi connectivity index (χ3v) is 4.03. The van der Waals surface area contributed by atoms with Crippen LogP contribution in [0.4, 0.5) is 5.82 Å². The summed E-state index contributed by atoms with van der Waals surface area (Å²) >= 11 is 5.99. The molecular weight excluding hydrogens is 300 g/mol. The largest absolute Gasteiger partial charge is 0.365 e. The molecule has 0 saturated carbocycles. The Hall–Kier alpha value is -2.18. The quantitative estimate of drug-likeness (QED) is 0.776. The summed E-state index contributed by atoms with van der Waals surface area (Å²) < 4.78 is 1.75. The lowest BCUT2D eigenvalue weighted by atomic mass is 10.2. The van der Waals surface area contributed by atoms with Gasteiger partial charge in [0.05, 0.1) is 34.8 Å². The van der Waals surface area contributed by atoms with Gasteiger partial charge in [-0.05, 0) is 25.1 Å². The van der Waals surface area contributed by atoms with Crippen LogP contribution in [0.3, 0.4) is 0 Å². The van der Waals surface area contributed by atoms with Crippen molar-refractivity contribution >= 4 is 22.9 Å². The number of nitrogens with zero attached hydrogens (tertiary/aromatic N) is 4. The van der Waals surface area contributed by atoms with Crippen molar-refractivity contribution in [3.05, 3.63) is 41.9 Å². The van der Waals surface area contributed by atoms with Crippen molar-refractivity contribution < 1.29 is 0 Å². The number of fused-ring (bicyclic) bond motifs is 1. The number of nitrogens with one attached hydrogen (secondary N) is 2. The van der Waals surface area contributed by atoms with E-state index in [0.29, 0.717) is 11.1 Å². The first-order valence-corrected chi connectivity index (χ1v) is 7.60. The van der Waals surface area contributed by atoms with Gasteiger partial charge in [-0.3, -0.25) is 4.98 Å². The molecule has 3 aromatic heterocycles. The number of rotatable bonds is 3. The number of aromatic nitrogens is 4. The average Bonchev–Trinajstić information content (AvgIpc) is 3.16. The first-order chi connectivity index (χ1) is 10.8. The normalized spacial score (nSPS) is 18.0. The summed E-state index contributed by atoms with van der Waals surface area (Å²) in [4.78, 5) is 8.96. The van der Waals surface area contributed by atoms with Gasteiger partial charge in [0.1, 0.15) is 5.82 Å². The fraction of sp³-hybridized carbons (Fsp3) is 0.267. The van der Waals surface area contributed by atoms with Crippen molar-refractivity contribution in [1.82, 2.24) is 24.9 Å². The molecular formula is C15H15ClN6. The molecule has 1 fully saturated rings. The fourth-order valence-electron chi connectivity index (χ4n) is 2.71. The van der Waals surface area contributed by atoms with Crippen LogP contribution < -0.4 is 10.6 Å². The Labute approximate surface area is 132 Å². The monoisotopic (exact) mass is 314 g/mol. The van der Waals surface area contributed by atoms with E-state index in [1.807, 2.05) is 12.1 Å². The van der Waals surface area contributed by atoms with Crippen molar-refractivity contribution in [2.24, 2.45) is 0 Å². The van der Waals surface area contributed by atoms with Gasteiger partial charge >= 0.3 is 0 Å². The summed E-state index contributed by atoms with van der Waals surface area (Å²) in [7, 11) is 0. The lowest BCUT2D eigenvalue weighted by Gasteiger charge is -2.12. The first-order valence-electron chi connectivity index (χ1n) is 7.22. The van der Waals surface area contributed by atoms with E-state index >= 15 is 0 Å². The Morgan fingerprint density at radius 1 is 1.27 bits per heavy atom. The topological polar surface area (TPSA) is 67.1 Å². The molecule has 0 aromatic carbocycles. The third-order valence-electron chi connectivity index (χ3n) is 3.80. The highest BCUT2D eigenvalue weighted by Crippen LogP contribution is 2.24. The van der Waals surface area contributed by atoms with E-state index in [4.69, 9.17) is 11.6 Å². The lowest BCUT2D eigenvalue weighted by Crippen LogP contribution is -2.22. The molecule has 112 valence electrons. The number of pyridine rings is 1. The Balaban J connectivity index is 1.68. The summed E-state index contributed by atoms with van der Waals surface area (Å²) in [5.41, 5.74) is 2.70. The second-order valence-corrected chi connectivity index (χ2v) is 5.80. The SMILES string of the molecule is Clc1ccc2c(-c3cncc(NC4CCNC4)n3)cnn2c1. The Morgan fingerprint density at radius 2 is 2.23 bits per heavy atom. The zero-order chi connectivity index (χ0) is 14.9. The zero-order valence-electron chi connectivity index (χ0n) is 11.8. The molecule has 7 heteroatoms. The standard InChI is InChI=1S/C15H15ClN6/c16-10-1-2-14-12(6-19-22(14)9-10)13-7-18-8-15(21-13)20-11-3-4-17-5-11/h1-2,6-9,11,17H,3-5H2,(H,20,21). The molecule has 1 aliphatic heterocycles. The molecule has 22 heavy (non-hydrogen) atoms. The van der Waals surface area contributed by atoms with Gasteiger partial charge in [0.15, 0.2) is 0 Å². The van der Waals surface area contributed by atoms with Crippen LogP contribution in [0.25, 0.3) is 16.8 Å². The number of anilines is 1. The number of hydrogen-bond donors (Lipinski definition) is 2. The predicted octanol–water partition coefficient (Wildman–Crippen LogP) is 2.22. The van der Waals surface area contributed by atoms with Crippen LogP contribution in [-0.2, 0) is 0 Å². The maximum absolute atomic E-state index is 5.99. The Bertz CT molecular complexity index is 809. The molecule has 0 amide bonds. The van der Waals surface area contributed by atoms with Gasteiger partial charge in [-0.1, -0.05) is 11.6 Å². The van der Waals surface area contributed by atoms with Crippen LogP contribution in [0, 0.1) is 0 Å². The van der Waals surface area contributed by atoms with E-state index in [-0.39, 0.29) is 0 Å². The summed E-state index contributed by atoms with van der Waals surface area (Å²) in [5.74, 6) is 0.791. The molecule has 3 aromatic rings. The molecule has 1 aliphatic rings. The molecule has 0 bridgehead atoms. The van der Waals surface area contributed by atoms with Crippen molar-refractivity contribution in [3.8, 4) is 11.3 Å². The van der Waals surface area contributed by atoms with Gasteiger partial charge in [0, 0.05) is 24.3 Å². The molecule has 0 spiro atoms. The summed E-state index contributed by atoms with van der Waals surface area (Å²) in [6, 6.07) is 4.20. The highest BCUT2D eigenvalue weighted by Gasteiger charge is 2.15. The van der Waals surface area contributed by atoms with Gasteiger partial charge in [-0.2, -0.15) is 5.10 Å². The molecule has 2 N–H and O–H groups in total. The molecule has 4 rings (SSSR count). The first kappa shape index (κ1) is 13.5. The van der Waals surface area contributed by atoms with Crippen LogP contribution in [-0.4, -0.2) is 38.7 Å². The minimum Gasteiger partial charge on any atom is -0.365 e. The minimum absolute atomic E-state index is 0.410. The second-order valence-electron chi connectivity index (χ2n) is 5.36. The van der Waals surface area contributed by atoms with Crippen LogP contribution in [0.2, 0.25) is 5.02 Å². The average molecular weight is 315 g/mol. The van der Waals surface area contributed by atoms with Crippen LogP contribution in [0.15, 0.2) is 36.9 Å². The van der Waals surface area contributed by atoms with E-state index in [1.165, 1.54) is 0 Å². The molecule has 4 heterocycles. The number of halogens is 1. The lowest BCUT2D eigenvalue weighted by molar-refractivity contribution is 0.787. The number of hydrogen-bond acceptors (Lipinski definition) is 5. The van der Waals surface area contributed by atoms with E-state index in [2.05, 4.69) is 25.7 Å². The zero-order valence-corrected chi connectivity index (χ0v) is 12.6. The van der Waals surface area contributed by atoms with E-state index in [0.717, 1.165) is 42.1 Å². The highest BCUT2D eigenvalue weighted by atomic mass is 35.5. The molecule has 0 radical (unpaired) electrons. The summed E-state index contributed by atoms with van der Waals surface area (Å²) in [6.45, 7) is 2.00. The van der Waals surface area contributed by atoms with Crippen molar-refractivity contribution in [1.29, 1.82) is 0 Å². The summed E-state index contributed by atoms with van der Waals surface area (Å²) in [5, 5.41) is 11.7. The molecule has 0 aliphatic carbocycles. The molecule has 1 unspecified atom stereocenters. The van der Waals surface area contributed by atoms with Crippen LogP contribution >= 0.6 is 11.6 Å². The Kier molecular flexibility index (Phi) is 3.40. The van der Waals surface area contributed by atoms with E-state index < -0.39 is 0 Å². The third kappa shape index (κ3) is 2.51. The molecule has 1 saturated heterocycles. The maximum atomic E-state index is 5.99. The van der Waals surface area contributed by atoms with E-state index in [1.54, 1.807) is 29.3 Å². The van der Waals surface area contributed by atoms with Crippen molar-refractivity contribution in [2.45, 2.75) is 12.5 Å².